The number of hydrogen-bond acceptors (Lipinski definition) is 6. The van der Waals surface area contributed by atoms with E-state index in [-0.39, 0.29) is 5.92 Å². The van der Waals surface area contributed by atoms with Gasteiger partial charge < -0.3 is 4.52 Å². The highest BCUT2D eigenvalue weighted by molar-refractivity contribution is 8.07. The van der Waals surface area contributed by atoms with E-state index in [1.54, 1.807) is 0 Å². The molecule has 1 saturated heterocycles. The Hall–Kier alpha value is -0.670. The van der Waals surface area contributed by atoms with Crippen LogP contribution in [-0.2, 0) is 0 Å². The fourth-order valence-corrected chi connectivity index (χ4v) is 4.74. The zero-order valence-electron chi connectivity index (χ0n) is 11.5. The third-order valence-electron chi connectivity index (χ3n) is 3.41. The molecule has 1 aliphatic rings. The molecule has 2 heterocycles. The van der Waals surface area contributed by atoms with Gasteiger partial charge in [0.05, 0.1) is 11.3 Å². The summed E-state index contributed by atoms with van der Waals surface area (Å²) in [4.78, 5) is 4.52. The van der Waals surface area contributed by atoms with Crippen LogP contribution in [0.25, 0.3) is 0 Å². The van der Waals surface area contributed by atoms with E-state index in [4.69, 9.17) is 9.78 Å². The van der Waals surface area contributed by atoms with Crippen LogP contribution in [0.2, 0.25) is 0 Å². The van der Waals surface area contributed by atoms with Gasteiger partial charge in [0, 0.05) is 28.6 Å². The number of aromatic nitrogens is 2. The molecule has 1 aliphatic heterocycles. The van der Waals surface area contributed by atoms with Crippen molar-refractivity contribution in [2.24, 2.45) is 0 Å². The van der Waals surface area contributed by atoms with Crippen LogP contribution in [-0.4, -0.2) is 26.4 Å². The molecule has 4 unspecified atom stereocenters. The third kappa shape index (κ3) is 3.67. The van der Waals surface area contributed by atoms with Gasteiger partial charge in [0.15, 0.2) is 5.82 Å². The SMILES string of the molecule is CC(CCC#N)c1nc(C2CSC(C)C(C)S2)no1. The van der Waals surface area contributed by atoms with Crippen molar-refractivity contribution < 1.29 is 4.52 Å². The first-order valence-electron chi connectivity index (χ1n) is 6.59. The molecule has 6 heteroatoms. The molecular formula is C13H19N3OS2. The summed E-state index contributed by atoms with van der Waals surface area (Å²) in [6.45, 7) is 6.55. The molecule has 0 aliphatic carbocycles. The Morgan fingerprint density at radius 3 is 2.95 bits per heavy atom. The molecule has 1 aromatic heterocycles. The Labute approximate surface area is 122 Å². The van der Waals surface area contributed by atoms with E-state index in [9.17, 15) is 0 Å². The van der Waals surface area contributed by atoms with Gasteiger partial charge in [-0.1, -0.05) is 25.9 Å². The standard InChI is InChI=1S/C13H19N3OS2/c1-8(5-4-6-14)13-15-12(16-17-13)11-7-18-9(2)10(3)19-11/h8-11H,4-5,7H2,1-3H3. The number of rotatable bonds is 4. The minimum absolute atomic E-state index is 0.165. The molecule has 0 radical (unpaired) electrons. The zero-order chi connectivity index (χ0) is 13.8. The summed E-state index contributed by atoms with van der Waals surface area (Å²) in [5.74, 6) is 2.69. The van der Waals surface area contributed by atoms with Crippen LogP contribution < -0.4 is 0 Å². The lowest BCUT2D eigenvalue weighted by Gasteiger charge is -2.29. The first-order chi connectivity index (χ1) is 9.11. The van der Waals surface area contributed by atoms with Gasteiger partial charge in [-0.05, 0) is 6.42 Å². The monoisotopic (exact) mass is 297 g/mol. The van der Waals surface area contributed by atoms with Crippen LogP contribution in [0.1, 0.15) is 56.5 Å². The zero-order valence-corrected chi connectivity index (χ0v) is 13.1. The number of hydrogen-bond donors (Lipinski definition) is 0. The van der Waals surface area contributed by atoms with Crippen molar-refractivity contribution in [3.05, 3.63) is 11.7 Å². The van der Waals surface area contributed by atoms with Gasteiger partial charge in [-0.2, -0.15) is 22.0 Å². The molecule has 0 amide bonds. The summed E-state index contributed by atoms with van der Waals surface area (Å²) in [6.07, 6.45) is 1.31. The van der Waals surface area contributed by atoms with Gasteiger partial charge in [-0.3, -0.25) is 0 Å². The van der Waals surface area contributed by atoms with Crippen LogP contribution in [0.15, 0.2) is 4.52 Å². The number of nitriles is 1. The van der Waals surface area contributed by atoms with Crippen LogP contribution in [0.5, 0.6) is 0 Å². The predicted octanol–water partition coefficient (Wildman–Crippen LogP) is 3.77. The molecule has 0 aromatic carbocycles. The second kappa shape index (κ2) is 6.67. The maximum Gasteiger partial charge on any atom is 0.229 e. The molecule has 0 N–H and O–H groups in total. The van der Waals surface area contributed by atoms with E-state index >= 15 is 0 Å². The van der Waals surface area contributed by atoms with Crippen molar-refractivity contribution in [2.75, 3.05) is 5.75 Å². The normalized spacial score (nSPS) is 28.8. The summed E-state index contributed by atoms with van der Waals surface area (Å²) >= 11 is 3.91. The molecule has 0 spiro atoms. The molecule has 0 bridgehead atoms. The molecule has 1 aromatic rings. The van der Waals surface area contributed by atoms with E-state index in [2.05, 4.69) is 30.1 Å². The summed E-state index contributed by atoms with van der Waals surface area (Å²) in [5.41, 5.74) is 0. The quantitative estimate of drug-likeness (QED) is 0.843. The number of nitrogens with zero attached hydrogens (tertiary/aromatic N) is 3. The summed E-state index contributed by atoms with van der Waals surface area (Å²) in [6, 6.07) is 2.15. The van der Waals surface area contributed by atoms with Crippen molar-refractivity contribution >= 4 is 23.5 Å². The highest BCUT2D eigenvalue weighted by atomic mass is 32.2. The molecule has 4 atom stereocenters. The van der Waals surface area contributed by atoms with E-state index in [1.165, 1.54) is 0 Å². The van der Waals surface area contributed by atoms with Crippen molar-refractivity contribution in [1.29, 1.82) is 5.26 Å². The van der Waals surface area contributed by atoms with Gasteiger partial charge in [0.1, 0.15) is 0 Å². The van der Waals surface area contributed by atoms with Gasteiger partial charge in [-0.25, -0.2) is 0 Å². The van der Waals surface area contributed by atoms with Gasteiger partial charge >= 0.3 is 0 Å². The average Bonchev–Trinajstić information content (AvgIpc) is 2.89. The summed E-state index contributed by atoms with van der Waals surface area (Å²) in [5, 5.41) is 14.4. The molecule has 1 fully saturated rings. The first kappa shape index (κ1) is 14.7. The maximum atomic E-state index is 8.60. The smallest absolute Gasteiger partial charge is 0.229 e. The second-order valence-corrected chi connectivity index (χ2v) is 7.95. The number of thioether (sulfide) groups is 2. The van der Waals surface area contributed by atoms with E-state index < -0.39 is 0 Å². The fourth-order valence-electron chi connectivity index (χ4n) is 1.90. The van der Waals surface area contributed by atoms with Crippen molar-refractivity contribution in [3.63, 3.8) is 0 Å². The summed E-state index contributed by atoms with van der Waals surface area (Å²) < 4.78 is 5.35. The molecule has 2 rings (SSSR count). The second-order valence-electron chi connectivity index (χ2n) is 4.96. The van der Waals surface area contributed by atoms with Gasteiger partial charge in [0.2, 0.25) is 5.89 Å². The van der Waals surface area contributed by atoms with Crippen LogP contribution >= 0.6 is 23.5 Å². The van der Waals surface area contributed by atoms with Crippen LogP contribution in [0.3, 0.4) is 0 Å². The lowest BCUT2D eigenvalue weighted by atomic mass is 10.1. The molecule has 19 heavy (non-hydrogen) atoms. The minimum atomic E-state index is 0.165. The molecule has 104 valence electrons. The van der Waals surface area contributed by atoms with Crippen molar-refractivity contribution in [1.82, 2.24) is 10.1 Å². The Morgan fingerprint density at radius 1 is 1.47 bits per heavy atom. The lowest BCUT2D eigenvalue weighted by molar-refractivity contribution is 0.350. The minimum Gasteiger partial charge on any atom is -0.339 e. The fraction of sp³-hybridized carbons (Fsp3) is 0.769. The van der Waals surface area contributed by atoms with Crippen molar-refractivity contribution in [3.8, 4) is 6.07 Å². The third-order valence-corrected chi connectivity index (χ3v) is 6.79. The van der Waals surface area contributed by atoms with Gasteiger partial charge in [0.25, 0.3) is 0 Å². The topological polar surface area (TPSA) is 62.7 Å². The summed E-state index contributed by atoms with van der Waals surface area (Å²) in [7, 11) is 0. The van der Waals surface area contributed by atoms with Gasteiger partial charge in [-0.15, -0.1) is 11.8 Å². The Bertz CT molecular complexity index is 457. The Balaban J connectivity index is 1.99. The Morgan fingerprint density at radius 2 is 2.26 bits per heavy atom. The van der Waals surface area contributed by atoms with Crippen molar-refractivity contribution in [2.45, 2.75) is 55.3 Å². The average molecular weight is 297 g/mol. The lowest BCUT2D eigenvalue weighted by Crippen LogP contribution is -2.22. The molecule has 4 nitrogen and oxygen atoms in total. The predicted molar refractivity (Wildman–Crippen MR) is 79.3 cm³/mol. The van der Waals surface area contributed by atoms with Crippen LogP contribution in [0, 0.1) is 11.3 Å². The van der Waals surface area contributed by atoms with E-state index in [0.29, 0.717) is 28.1 Å². The molecular weight excluding hydrogens is 278 g/mol. The highest BCUT2D eigenvalue weighted by Gasteiger charge is 2.30. The molecule has 0 saturated carbocycles. The van der Waals surface area contributed by atoms with E-state index in [0.717, 1.165) is 18.0 Å². The first-order valence-corrected chi connectivity index (χ1v) is 8.58. The largest absolute Gasteiger partial charge is 0.339 e. The van der Waals surface area contributed by atoms with E-state index in [1.807, 2.05) is 30.4 Å². The maximum absolute atomic E-state index is 8.60. The van der Waals surface area contributed by atoms with Crippen LogP contribution in [0.4, 0.5) is 0 Å². The Kier molecular flexibility index (Phi) is 5.17. The highest BCUT2D eigenvalue weighted by Crippen LogP contribution is 2.43.